The summed E-state index contributed by atoms with van der Waals surface area (Å²) in [6, 6.07) is 23.7. The molecule has 2 aliphatic rings. The zero-order valence-electron chi connectivity index (χ0n) is 25.3. The first-order chi connectivity index (χ1) is 20.9. The van der Waals surface area contributed by atoms with Crippen molar-refractivity contribution in [2.24, 2.45) is 0 Å². The first kappa shape index (κ1) is 29.6. The lowest BCUT2D eigenvalue weighted by atomic mass is 10.00. The van der Waals surface area contributed by atoms with Gasteiger partial charge in [0, 0.05) is 48.7 Å². The van der Waals surface area contributed by atoms with Gasteiger partial charge in [-0.15, -0.1) is 0 Å². The van der Waals surface area contributed by atoms with Crippen LogP contribution in [0.15, 0.2) is 120 Å². The Morgan fingerprint density at radius 1 is 0.558 bits per heavy atom. The lowest BCUT2D eigenvalue weighted by Crippen LogP contribution is -2.21. The number of fused-ring (bicyclic) bond motifs is 1. The average molecular weight is 571 g/mol. The first-order valence-electron chi connectivity index (χ1n) is 15.1. The third-order valence-corrected chi connectivity index (χ3v) is 7.91. The maximum Gasteiger partial charge on any atom is 0.198 e. The highest BCUT2D eigenvalue weighted by Crippen LogP contribution is 2.33. The van der Waals surface area contributed by atoms with E-state index < -0.39 is 0 Å². The SMILES string of the molecule is CCN(CC)c1ccc(/C=C/C2=CC(=C3C(=O)c4ccccc4C3=O)C=C(/C=C/c3ccc(N(CC)CC)cc3)O2)cc1. The fraction of sp³-hybridized carbons (Fsp3) is 0.211. The van der Waals surface area contributed by atoms with E-state index in [1.54, 1.807) is 36.4 Å². The van der Waals surface area contributed by atoms with Gasteiger partial charge in [0.05, 0.1) is 5.57 Å². The molecule has 0 bridgehead atoms. The number of Topliss-reactive ketones (excluding diaryl/α,β-unsaturated/α-hetero) is 2. The van der Waals surface area contributed by atoms with Gasteiger partial charge in [-0.2, -0.15) is 0 Å². The van der Waals surface area contributed by atoms with E-state index >= 15 is 0 Å². The van der Waals surface area contributed by atoms with Crippen LogP contribution in [0, 0.1) is 0 Å². The molecule has 3 aromatic rings. The number of carbonyl (C=O) groups excluding carboxylic acids is 2. The molecular formula is C38H38N2O3. The molecule has 0 fully saturated rings. The van der Waals surface area contributed by atoms with Gasteiger partial charge in [0.15, 0.2) is 11.6 Å². The number of benzene rings is 3. The molecule has 0 atom stereocenters. The Kier molecular flexibility index (Phi) is 9.21. The van der Waals surface area contributed by atoms with Crippen LogP contribution in [0.25, 0.3) is 12.2 Å². The molecule has 5 rings (SSSR count). The number of rotatable bonds is 10. The molecule has 0 amide bonds. The third kappa shape index (κ3) is 6.46. The van der Waals surface area contributed by atoms with E-state index in [0.717, 1.165) is 37.3 Å². The van der Waals surface area contributed by atoms with E-state index in [1.165, 1.54) is 11.4 Å². The highest BCUT2D eigenvalue weighted by molar-refractivity contribution is 6.40. The molecule has 43 heavy (non-hydrogen) atoms. The normalized spacial score (nSPS) is 14.7. The largest absolute Gasteiger partial charge is 0.457 e. The fourth-order valence-corrected chi connectivity index (χ4v) is 5.49. The number of nitrogens with zero attached hydrogens (tertiary/aromatic N) is 2. The van der Waals surface area contributed by atoms with Gasteiger partial charge in [0.25, 0.3) is 0 Å². The number of hydrogen-bond donors (Lipinski definition) is 0. The summed E-state index contributed by atoms with van der Waals surface area (Å²) in [4.78, 5) is 31.3. The minimum absolute atomic E-state index is 0.174. The zero-order valence-corrected chi connectivity index (χ0v) is 25.3. The van der Waals surface area contributed by atoms with Crippen molar-refractivity contribution >= 4 is 35.1 Å². The van der Waals surface area contributed by atoms with Gasteiger partial charge in [0.2, 0.25) is 0 Å². The highest BCUT2D eigenvalue weighted by Gasteiger charge is 2.35. The smallest absolute Gasteiger partial charge is 0.198 e. The Labute approximate surface area is 254 Å². The summed E-state index contributed by atoms with van der Waals surface area (Å²) >= 11 is 0. The van der Waals surface area contributed by atoms with Crippen molar-refractivity contribution in [3.05, 3.63) is 142 Å². The number of carbonyl (C=O) groups is 2. The van der Waals surface area contributed by atoms with E-state index in [9.17, 15) is 9.59 Å². The van der Waals surface area contributed by atoms with Gasteiger partial charge in [-0.3, -0.25) is 9.59 Å². The van der Waals surface area contributed by atoms with Crippen molar-refractivity contribution in [3.8, 4) is 0 Å². The van der Waals surface area contributed by atoms with E-state index in [-0.39, 0.29) is 17.1 Å². The number of hydrogen-bond acceptors (Lipinski definition) is 5. The number of anilines is 2. The standard InChI is InChI=1S/C38H38N2O3/c1-5-39(6-2)30-19-13-27(14-20-30)17-23-32-25-29(36-37(41)34-11-9-10-12-35(34)38(36)42)26-33(43-32)24-18-28-15-21-31(22-16-28)40(7-3)8-4/h9-26H,5-8H2,1-4H3/b23-17+,24-18+. The van der Waals surface area contributed by atoms with Gasteiger partial charge < -0.3 is 14.5 Å². The molecule has 1 heterocycles. The summed E-state index contributed by atoms with van der Waals surface area (Å²) in [6.45, 7) is 12.4. The van der Waals surface area contributed by atoms with Crippen LogP contribution in [0.5, 0.6) is 0 Å². The van der Waals surface area contributed by atoms with E-state index in [4.69, 9.17) is 4.74 Å². The number of ether oxygens (including phenoxy) is 1. The zero-order chi connectivity index (χ0) is 30.3. The molecule has 5 nitrogen and oxygen atoms in total. The van der Waals surface area contributed by atoms with Gasteiger partial charge in [0.1, 0.15) is 11.5 Å². The molecule has 0 spiro atoms. The maximum absolute atomic E-state index is 13.3. The molecule has 0 unspecified atom stereocenters. The molecule has 218 valence electrons. The van der Waals surface area contributed by atoms with Crippen molar-refractivity contribution in [1.29, 1.82) is 0 Å². The summed E-state index contributed by atoms with van der Waals surface area (Å²) < 4.78 is 6.24. The molecule has 0 saturated carbocycles. The summed E-state index contributed by atoms with van der Waals surface area (Å²) in [6.07, 6.45) is 11.3. The van der Waals surface area contributed by atoms with Crippen molar-refractivity contribution in [1.82, 2.24) is 0 Å². The quantitative estimate of drug-likeness (QED) is 0.181. The van der Waals surface area contributed by atoms with Gasteiger partial charge >= 0.3 is 0 Å². The Bertz CT molecular complexity index is 1530. The van der Waals surface area contributed by atoms with Crippen LogP contribution in [-0.2, 0) is 4.74 Å². The van der Waals surface area contributed by atoms with Crippen LogP contribution in [-0.4, -0.2) is 37.7 Å². The van der Waals surface area contributed by atoms with E-state index in [1.807, 2.05) is 24.3 Å². The number of allylic oxidation sites excluding steroid dienone is 6. The summed E-state index contributed by atoms with van der Waals surface area (Å²) in [7, 11) is 0. The topological polar surface area (TPSA) is 49.9 Å². The second-order valence-electron chi connectivity index (χ2n) is 10.4. The highest BCUT2D eigenvalue weighted by atomic mass is 16.5. The van der Waals surface area contributed by atoms with Crippen LogP contribution in [0.3, 0.4) is 0 Å². The average Bonchev–Trinajstić information content (AvgIpc) is 3.30. The fourth-order valence-electron chi connectivity index (χ4n) is 5.49. The van der Waals surface area contributed by atoms with E-state index in [0.29, 0.717) is 28.2 Å². The van der Waals surface area contributed by atoms with E-state index in [2.05, 4.69) is 86.0 Å². The van der Waals surface area contributed by atoms with Crippen molar-refractivity contribution in [3.63, 3.8) is 0 Å². The molecule has 0 radical (unpaired) electrons. The van der Waals surface area contributed by atoms with Gasteiger partial charge in [-0.05, 0) is 93.0 Å². The second kappa shape index (κ2) is 13.4. The minimum Gasteiger partial charge on any atom is -0.457 e. The van der Waals surface area contributed by atoms with Crippen LogP contribution >= 0.6 is 0 Å². The lowest BCUT2D eigenvalue weighted by Gasteiger charge is -2.21. The summed E-state index contributed by atoms with van der Waals surface area (Å²) in [5.74, 6) is 0.586. The molecule has 3 aromatic carbocycles. The lowest BCUT2D eigenvalue weighted by molar-refractivity contribution is 0.0987. The predicted octanol–water partition coefficient (Wildman–Crippen LogP) is 8.28. The Morgan fingerprint density at radius 3 is 1.33 bits per heavy atom. The second-order valence-corrected chi connectivity index (χ2v) is 10.4. The molecular weight excluding hydrogens is 532 g/mol. The molecule has 1 aliphatic heterocycles. The van der Waals surface area contributed by atoms with Crippen LogP contribution < -0.4 is 9.80 Å². The molecule has 0 aromatic heterocycles. The minimum atomic E-state index is -0.254. The van der Waals surface area contributed by atoms with Gasteiger partial charge in [-0.25, -0.2) is 0 Å². The molecule has 1 aliphatic carbocycles. The monoisotopic (exact) mass is 570 g/mol. The van der Waals surface area contributed by atoms with Gasteiger partial charge in [-0.1, -0.05) is 60.7 Å². The van der Waals surface area contributed by atoms with Crippen LogP contribution in [0.4, 0.5) is 11.4 Å². The molecule has 0 saturated heterocycles. The first-order valence-corrected chi connectivity index (χ1v) is 15.1. The molecule has 0 N–H and O–H groups in total. The van der Waals surface area contributed by atoms with Crippen molar-refractivity contribution in [2.45, 2.75) is 27.7 Å². The third-order valence-electron chi connectivity index (χ3n) is 7.91. The predicted molar refractivity (Wildman–Crippen MR) is 177 cm³/mol. The Hall–Kier alpha value is -4.90. The Balaban J connectivity index is 1.46. The summed E-state index contributed by atoms with van der Waals surface area (Å²) in [5, 5.41) is 0. The maximum atomic E-state index is 13.3. The summed E-state index contributed by atoms with van der Waals surface area (Å²) in [5.41, 5.74) is 6.02. The molecule has 5 heteroatoms. The van der Waals surface area contributed by atoms with Crippen molar-refractivity contribution < 1.29 is 14.3 Å². The Morgan fingerprint density at radius 2 is 0.953 bits per heavy atom. The van der Waals surface area contributed by atoms with Crippen LogP contribution in [0.2, 0.25) is 0 Å². The van der Waals surface area contributed by atoms with Crippen LogP contribution in [0.1, 0.15) is 59.5 Å². The number of ketones is 2. The van der Waals surface area contributed by atoms with Crippen molar-refractivity contribution in [2.75, 3.05) is 36.0 Å².